The number of unbranched alkanes of at least 4 members (excludes halogenated alkanes) is 1. The van der Waals surface area contributed by atoms with Crippen molar-refractivity contribution in [3.8, 4) is 5.75 Å². The van der Waals surface area contributed by atoms with E-state index in [4.69, 9.17) is 9.47 Å². The summed E-state index contributed by atoms with van der Waals surface area (Å²) in [5.74, 6) is 0.517. The van der Waals surface area contributed by atoms with Crippen LogP contribution < -0.4 is 4.74 Å². The van der Waals surface area contributed by atoms with Crippen LogP contribution in [-0.4, -0.2) is 6.16 Å². The van der Waals surface area contributed by atoms with Crippen LogP contribution in [0.1, 0.15) is 56.8 Å². The molecule has 2 rings (SSSR count). The van der Waals surface area contributed by atoms with Crippen molar-refractivity contribution in [2.45, 2.75) is 52.1 Å². The lowest BCUT2D eigenvalue weighted by Crippen LogP contribution is -2.15. The first-order chi connectivity index (χ1) is 11.7. The summed E-state index contributed by atoms with van der Waals surface area (Å²) in [4.78, 5) is 12.1. The first kappa shape index (κ1) is 18.1. The van der Waals surface area contributed by atoms with Gasteiger partial charge in [-0.05, 0) is 42.5 Å². The fourth-order valence-electron chi connectivity index (χ4n) is 2.57. The van der Waals surface area contributed by atoms with Crippen LogP contribution in [0.2, 0.25) is 0 Å². The van der Waals surface area contributed by atoms with Crippen LogP contribution in [0.25, 0.3) is 0 Å². The lowest BCUT2D eigenvalue weighted by atomic mass is 10.1. The summed E-state index contributed by atoms with van der Waals surface area (Å²) in [6.07, 6.45) is 4.16. The molecule has 3 heteroatoms. The van der Waals surface area contributed by atoms with Crippen molar-refractivity contribution in [2.24, 2.45) is 0 Å². The maximum Gasteiger partial charge on any atom is 0.514 e. The van der Waals surface area contributed by atoms with Crippen molar-refractivity contribution in [3.63, 3.8) is 0 Å². The van der Waals surface area contributed by atoms with Gasteiger partial charge in [0.05, 0.1) is 0 Å². The number of hydrogen-bond donors (Lipinski definition) is 0. The van der Waals surface area contributed by atoms with E-state index in [9.17, 15) is 4.79 Å². The van der Waals surface area contributed by atoms with Crippen molar-refractivity contribution in [1.29, 1.82) is 0 Å². The van der Waals surface area contributed by atoms with E-state index >= 15 is 0 Å². The summed E-state index contributed by atoms with van der Waals surface area (Å²) in [6, 6.07) is 17.4. The van der Waals surface area contributed by atoms with Crippen molar-refractivity contribution < 1.29 is 14.3 Å². The molecule has 0 radical (unpaired) electrons. The molecule has 2 aromatic rings. The highest BCUT2D eigenvalue weighted by molar-refractivity contribution is 5.64. The first-order valence-electron chi connectivity index (χ1n) is 8.75. The summed E-state index contributed by atoms with van der Waals surface area (Å²) in [7, 11) is 0. The molecule has 0 aliphatic heterocycles. The molecular formula is C21H26O3. The van der Waals surface area contributed by atoms with Crippen molar-refractivity contribution in [3.05, 3.63) is 65.7 Å². The molecule has 0 amide bonds. The molecule has 0 aliphatic carbocycles. The summed E-state index contributed by atoms with van der Waals surface area (Å²) in [6.45, 7) is 4.24. The van der Waals surface area contributed by atoms with Crippen molar-refractivity contribution in [1.82, 2.24) is 0 Å². The van der Waals surface area contributed by atoms with Crippen molar-refractivity contribution >= 4 is 6.16 Å². The second-order valence-electron chi connectivity index (χ2n) is 5.91. The second kappa shape index (κ2) is 9.76. The third kappa shape index (κ3) is 5.73. The zero-order chi connectivity index (χ0) is 17.2. The highest BCUT2D eigenvalue weighted by Gasteiger charge is 2.17. The van der Waals surface area contributed by atoms with E-state index in [0.29, 0.717) is 5.75 Å². The average Bonchev–Trinajstić information content (AvgIpc) is 2.61. The Labute approximate surface area is 144 Å². The Morgan fingerprint density at radius 3 is 2.29 bits per heavy atom. The van der Waals surface area contributed by atoms with Gasteiger partial charge >= 0.3 is 6.16 Å². The molecule has 0 fully saturated rings. The molecule has 1 unspecified atom stereocenters. The molecule has 0 spiro atoms. The quantitative estimate of drug-likeness (QED) is 0.435. The average molecular weight is 326 g/mol. The summed E-state index contributed by atoms with van der Waals surface area (Å²) in [5.41, 5.74) is 2.25. The molecule has 1 atom stereocenters. The first-order valence-corrected chi connectivity index (χ1v) is 8.75. The molecule has 3 nitrogen and oxygen atoms in total. The zero-order valence-electron chi connectivity index (χ0n) is 14.5. The smallest absolute Gasteiger partial charge is 0.426 e. The van der Waals surface area contributed by atoms with Gasteiger partial charge in [0, 0.05) is 0 Å². The maximum absolute atomic E-state index is 12.1. The lowest BCUT2D eigenvalue weighted by Gasteiger charge is -2.17. The van der Waals surface area contributed by atoms with Gasteiger partial charge in [0.15, 0.2) is 0 Å². The van der Waals surface area contributed by atoms with E-state index in [2.05, 4.69) is 13.8 Å². The number of aryl methyl sites for hydroxylation is 1. The zero-order valence-corrected chi connectivity index (χ0v) is 14.5. The fraction of sp³-hybridized carbons (Fsp3) is 0.381. The standard InChI is InChI=1S/C21H26O3/c1-3-5-10-17-13-15-19(16-14-17)23-21(22)24-20(9-4-2)18-11-7-6-8-12-18/h6-8,11-16,20H,3-5,9-10H2,1-2H3. The Balaban J connectivity index is 1.93. The number of benzene rings is 2. The monoisotopic (exact) mass is 326 g/mol. The molecule has 0 saturated heterocycles. The van der Waals surface area contributed by atoms with E-state index < -0.39 is 6.16 Å². The van der Waals surface area contributed by atoms with E-state index in [0.717, 1.165) is 31.2 Å². The lowest BCUT2D eigenvalue weighted by molar-refractivity contribution is 0.0537. The largest absolute Gasteiger partial charge is 0.514 e. The molecular weight excluding hydrogens is 300 g/mol. The predicted octanol–water partition coefficient (Wildman–Crippen LogP) is 6.09. The highest BCUT2D eigenvalue weighted by atomic mass is 16.7. The summed E-state index contributed by atoms with van der Waals surface area (Å²) < 4.78 is 10.8. The summed E-state index contributed by atoms with van der Waals surface area (Å²) >= 11 is 0. The molecule has 0 heterocycles. The fourth-order valence-corrected chi connectivity index (χ4v) is 2.57. The van der Waals surface area contributed by atoms with E-state index in [-0.39, 0.29) is 6.10 Å². The number of hydrogen-bond acceptors (Lipinski definition) is 3. The second-order valence-corrected chi connectivity index (χ2v) is 5.91. The Morgan fingerprint density at radius 2 is 1.67 bits per heavy atom. The minimum absolute atomic E-state index is 0.271. The number of carbonyl (C=O) groups is 1. The molecule has 0 aromatic heterocycles. The number of carbonyl (C=O) groups excluding carboxylic acids is 1. The molecule has 0 bridgehead atoms. The van der Waals surface area contributed by atoms with Crippen LogP contribution in [0, 0.1) is 0 Å². The van der Waals surface area contributed by atoms with Crippen LogP contribution in [-0.2, 0) is 11.2 Å². The maximum atomic E-state index is 12.1. The van der Waals surface area contributed by atoms with Gasteiger partial charge in [-0.2, -0.15) is 0 Å². The van der Waals surface area contributed by atoms with Crippen LogP contribution in [0.15, 0.2) is 54.6 Å². The normalized spacial score (nSPS) is 11.8. The SMILES string of the molecule is CCCCc1ccc(OC(=O)OC(CCC)c2ccccc2)cc1. The minimum Gasteiger partial charge on any atom is -0.426 e. The minimum atomic E-state index is -0.654. The molecule has 0 saturated carbocycles. The molecule has 0 aliphatic rings. The molecule has 2 aromatic carbocycles. The van der Waals surface area contributed by atoms with Gasteiger partial charge in [-0.25, -0.2) is 4.79 Å². The summed E-state index contributed by atoms with van der Waals surface area (Å²) in [5, 5.41) is 0. The van der Waals surface area contributed by atoms with E-state index in [1.54, 1.807) is 0 Å². The van der Waals surface area contributed by atoms with Gasteiger partial charge in [0.25, 0.3) is 0 Å². The molecule has 0 N–H and O–H groups in total. The molecule has 24 heavy (non-hydrogen) atoms. The van der Waals surface area contributed by atoms with Gasteiger partial charge in [-0.3, -0.25) is 0 Å². The van der Waals surface area contributed by atoms with Crippen LogP contribution in [0.3, 0.4) is 0 Å². The van der Waals surface area contributed by atoms with Gasteiger partial charge in [0.1, 0.15) is 11.9 Å². The Hall–Kier alpha value is -2.29. The third-order valence-electron chi connectivity index (χ3n) is 3.90. The Kier molecular flexibility index (Phi) is 7.34. The van der Waals surface area contributed by atoms with Crippen LogP contribution in [0.4, 0.5) is 4.79 Å². The van der Waals surface area contributed by atoms with Gasteiger partial charge in [-0.15, -0.1) is 0 Å². The van der Waals surface area contributed by atoms with Crippen LogP contribution >= 0.6 is 0 Å². The Bertz CT molecular complexity index is 605. The number of rotatable bonds is 8. The highest BCUT2D eigenvalue weighted by Crippen LogP contribution is 2.24. The third-order valence-corrected chi connectivity index (χ3v) is 3.90. The Morgan fingerprint density at radius 1 is 0.958 bits per heavy atom. The topological polar surface area (TPSA) is 35.5 Å². The van der Waals surface area contributed by atoms with Gasteiger partial charge in [-0.1, -0.05) is 69.2 Å². The van der Waals surface area contributed by atoms with E-state index in [1.165, 1.54) is 12.0 Å². The van der Waals surface area contributed by atoms with Crippen LogP contribution in [0.5, 0.6) is 5.75 Å². The van der Waals surface area contributed by atoms with Crippen molar-refractivity contribution in [2.75, 3.05) is 0 Å². The van der Waals surface area contributed by atoms with Gasteiger partial charge < -0.3 is 9.47 Å². The predicted molar refractivity (Wildman–Crippen MR) is 96.3 cm³/mol. The molecule has 128 valence electrons. The van der Waals surface area contributed by atoms with Gasteiger partial charge in [0.2, 0.25) is 0 Å². The van der Waals surface area contributed by atoms with E-state index in [1.807, 2.05) is 54.6 Å². The number of ether oxygens (including phenoxy) is 2.